The van der Waals surface area contributed by atoms with Crippen LogP contribution < -0.4 is 0 Å². The number of hydrogen-bond donors (Lipinski definition) is 0. The average Bonchev–Trinajstić information content (AvgIpc) is 3.27. The molecule has 1 aliphatic heterocycles. The molecule has 9 heteroatoms. The second-order valence-corrected chi connectivity index (χ2v) is 10.1. The lowest BCUT2D eigenvalue weighted by Crippen LogP contribution is -2.34. The summed E-state index contributed by atoms with van der Waals surface area (Å²) in [5.74, 6) is -0.954. The number of imide groups is 1. The second-order valence-electron chi connectivity index (χ2n) is 8.27. The Hall–Kier alpha value is -2.74. The molecule has 0 saturated carbocycles. The maximum Gasteiger partial charge on any atom is 0.326 e. The highest BCUT2D eigenvalue weighted by Gasteiger charge is 2.37. The zero-order valence-corrected chi connectivity index (χ0v) is 20.9. The minimum atomic E-state index is -0.606. The van der Waals surface area contributed by atoms with Crippen LogP contribution in [0.4, 0.5) is 4.79 Å². The van der Waals surface area contributed by atoms with E-state index in [0.29, 0.717) is 16.6 Å². The van der Waals surface area contributed by atoms with Crippen LogP contribution in [0.3, 0.4) is 0 Å². The summed E-state index contributed by atoms with van der Waals surface area (Å²) >= 11 is 13.5. The number of ether oxygens (including phenoxy) is 1. The fourth-order valence-electron chi connectivity index (χ4n) is 3.59. The van der Waals surface area contributed by atoms with E-state index in [-0.39, 0.29) is 17.4 Å². The summed E-state index contributed by atoms with van der Waals surface area (Å²) in [5.41, 5.74) is 2.49. The van der Waals surface area contributed by atoms with Crippen LogP contribution in [0.15, 0.2) is 53.6 Å². The van der Waals surface area contributed by atoms with Crippen LogP contribution in [0, 0.1) is 5.92 Å². The van der Waals surface area contributed by atoms with E-state index in [4.69, 9.17) is 27.9 Å². The van der Waals surface area contributed by atoms with Gasteiger partial charge < -0.3 is 9.30 Å². The Balaban J connectivity index is 1.62. The molecule has 2 heterocycles. The smallest absolute Gasteiger partial charge is 0.326 e. The molecule has 0 N–H and O–H groups in total. The summed E-state index contributed by atoms with van der Waals surface area (Å²) < 4.78 is 7.12. The van der Waals surface area contributed by atoms with E-state index in [1.54, 1.807) is 24.3 Å². The molecule has 0 unspecified atom stereocenters. The topological polar surface area (TPSA) is 68.6 Å². The first kappa shape index (κ1) is 24.4. The molecule has 176 valence electrons. The number of rotatable bonds is 7. The van der Waals surface area contributed by atoms with E-state index in [9.17, 15) is 14.4 Å². The van der Waals surface area contributed by atoms with Crippen molar-refractivity contribution in [2.75, 3.05) is 13.2 Å². The highest BCUT2D eigenvalue weighted by Crippen LogP contribution is 2.35. The van der Waals surface area contributed by atoms with Crippen LogP contribution >= 0.6 is 35.0 Å². The van der Waals surface area contributed by atoms with Crippen LogP contribution in [-0.2, 0) is 20.9 Å². The van der Waals surface area contributed by atoms with E-state index < -0.39 is 23.7 Å². The van der Waals surface area contributed by atoms with Crippen molar-refractivity contribution in [1.29, 1.82) is 0 Å². The molecule has 0 radical (unpaired) electrons. The van der Waals surface area contributed by atoms with Crippen molar-refractivity contribution in [2.45, 2.75) is 20.4 Å². The monoisotopic (exact) mass is 516 g/mol. The lowest BCUT2D eigenvalue weighted by atomic mass is 10.1. The fourth-order valence-corrected chi connectivity index (χ4v) is 4.93. The summed E-state index contributed by atoms with van der Waals surface area (Å²) in [6.45, 7) is 4.09. The molecule has 4 rings (SSSR count). The molecule has 1 aromatic heterocycles. The van der Waals surface area contributed by atoms with Gasteiger partial charge in [0.15, 0.2) is 0 Å². The number of esters is 1. The number of hydrogen-bond acceptors (Lipinski definition) is 5. The van der Waals surface area contributed by atoms with Gasteiger partial charge in [0, 0.05) is 38.3 Å². The zero-order chi connectivity index (χ0) is 24.4. The van der Waals surface area contributed by atoms with Crippen molar-refractivity contribution < 1.29 is 19.1 Å². The number of benzene rings is 2. The number of thioether (sulfide) groups is 1. The van der Waals surface area contributed by atoms with Gasteiger partial charge in [-0.1, -0.05) is 61.3 Å². The Kier molecular flexibility index (Phi) is 7.36. The molecule has 0 spiro atoms. The summed E-state index contributed by atoms with van der Waals surface area (Å²) in [4.78, 5) is 38.5. The molecule has 0 bridgehead atoms. The van der Waals surface area contributed by atoms with E-state index in [1.165, 1.54) is 0 Å². The minimum absolute atomic E-state index is 0.164. The first-order valence-electron chi connectivity index (χ1n) is 10.7. The Bertz CT molecular complexity index is 1300. The average molecular weight is 517 g/mol. The zero-order valence-electron chi connectivity index (χ0n) is 18.6. The predicted octanol–water partition coefficient (Wildman–Crippen LogP) is 6.23. The van der Waals surface area contributed by atoms with Crippen molar-refractivity contribution in [2.24, 2.45) is 5.92 Å². The van der Waals surface area contributed by atoms with Crippen LogP contribution in [0.1, 0.15) is 25.0 Å². The maximum absolute atomic E-state index is 12.9. The molecule has 0 atom stereocenters. The third kappa shape index (κ3) is 5.17. The molecule has 0 aliphatic carbocycles. The van der Waals surface area contributed by atoms with Crippen molar-refractivity contribution in [3.63, 3.8) is 0 Å². The molecule has 6 nitrogen and oxygen atoms in total. The van der Waals surface area contributed by atoms with Gasteiger partial charge in [-0.25, -0.2) is 0 Å². The summed E-state index contributed by atoms with van der Waals surface area (Å²) in [5, 5.41) is 1.55. The first-order chi connectivity index (χ1) is 16.2. The van der Waals surface area contributed by atoms with E-state index >= 15 is 0 Å². The Morgan fingerprint density at radius 1 is 1.09 bits per heavy atom. The molecule has 1 fully saturated rings. The molecular formula is C25H22Cl2N2O4S. The van der Waals surface area contributed by atoms with Gasteiger partial charge in [0.2, 0.25) is 0 Å². The van der Waals surface area contributed by atoms with Gasteiger partial charge in [0.1, 0.15) is 6.54 Å². The SMILES string of the molecule is CC(C)COC(=O)CN1C(=O)S/C(=C\c2cn(Cc3c(Cl)cccc3Cl)c3ccccc23)C1=O. The van der Waals surface area contributed by atoms with Crippen LogP contribution in [-0.4, -0.2) is 39.7 Å². The number of aromatic nitrogens is 1. The molecule has 3 aromatic rings. The number of carbonyl (C=O) groups is 3. The maximum atomic E-state index is 12.9. The van der Waals surface area contributed by atoms with Gasteiger partial charge in [-0.3, -0.25) is 19.3 Å². The highest BCUT2D eigenvalue weighted by atomic mass is 35.5. The van der Waals surface area contributed by atoms with Gasteiger partial charge in [-0.2, -0.15) is 0 Å². The summed E-state index contributed by atoms with van der Waals surface area (Å²) in [6.07, 6.45) is 3.58. The molecule has 1 saturated heterocycles. The van der Waals surface area contributed by atoms with Gasteiger partial charge in [0.05, 0.1) is 18.1 Å². The largest absolute Gasteiger partial charge is 0.464 e. The van der Waals surface area contributed by atoms with Gasteiger partial charge in [-0.15, -0.1) is 0 Å². The highest BCUT2D eigenvalue weighted by molar-refractivity contribution is 8.18. The minimum Gasteiger partial charge on any atom is -0.464 e. The van der Waals surface area contributed by atoms with E-state index in [2.05, 4.69) is 0 Å². The lowest BCUT2D eigenvalue weighted by Gasteiger charge is -2.12. The Morgan fingerprint density at radius 3 is 2.50 bits per heavy atom. The third-order valence-electron chi connectivity index (χ3n) is 5.23. The van der Waals surface area contributed by atoms with Crippen molar-refractivity contribution in [3.05, 3.63) is 74.7 Å². The van der Waals surface area contributed by atoms with Gasteiger partial charge in [-0.05, 0) is 42.0 Å². The summed E-state index contributed by atoms with van der Waals surface area (Å²) in [6, 6.07) is 13.1. The molecule has 2 amide bonds. The van der Waals surface area contributed by atoms with Crippen molar-refractivity contribution in [3.8, 4) is 0 Å². The first-order valence-corrected chi connectivity index (χ1v) is 12.2. The van der Waals surface area contributed by atoms with Gasteiger partial charge in [0.25, 0.3) is 11.1 Å². The number of nitrogens with zero attached hydrogens (tertiary/aromatic N) is 2. The van der Waals surface area contributed by atoms with E-state index in [0.717, 1.165) is 38.7 Å². The van der Waals surface area contributed by atoms with Crippen molar-refractivity contribution in [1.82, 2.24) is 9.47 Å². The standard InChI is InChI=1S/C25H22Cl2N2O4S/c1-15(2)14-33-23(30)13-29-24(31)22(34-25(29)32)10-16-11-28(21-9-4-3-6-17(16)21)12-18-19(26)7-5-8-20(18)27/h3-11,15H,12-14H2,1-2H3/b22-10-. The number of halogens is 2. The molecule has 2 aromatic carbocycles. The van der Waals surface area contributed by atoms with Crippen LogP contribution in [0.2, 0.25) is 10.0 Å². The number of carbonyl (C=O) groups excluding carboxylic acids is 3. The fraction of sp³-hybridized carbons (Fsp3) is 0.240. The Labute approximate surface area is 211 Å². The van der Waals surface area contributed by atoms with E-state index in [1.807, 2.05) is 48.9 Å². The predicted molar refractivity (Wildman–Crippen MR) is 136 cm³/mol. The molecular weight excluding hydrogens is 495 g/mol. The Morgan fingerprint density at radius 2 is 1.79 bits per heavy atom. The summed E-state index contributed by atoms with van der Waals surface area (Å²) in [7, 11) is 0. The normalized spacial score (nSPS) is 15.2. The van der Waals surface area contributed by atoms with Crippen LogP contribution in [0.25, 0.3) is 17.0 Å². The molecule has 1 aliphatic rings. The molecule has 34 heavy (non-hydrogen) atoms. The second kappa shape index (κ2) is 10.3. The van der Waals surface area contributed by atoms with Gasteiger partial charge >= 0.3 is 5.97 Å². The number of amides is 2. The lowest BCUT2D eigenvalue weighted by molar-refractivity contribution is -0.147. The number of fused-ring (bicyclic) bond motifs is 1. The number of para-hydroxylation sites is 1. The van der Waals surface area contributed by atoms with Crippen LogP contribution in [0.5, 0.6) is 0 Å². The third-order valence-corrected chi connectivity index (χ3v) is 6.85. The quantitative estimate of drug-likeness (QED) is 0.275. The van der Waals surface area contributed by atoms with Crippen molar-refractivity contribution >= 4 is 69.1 Å².